The number of halogens is 1. The van der Waals surface area contributed by atoms with Gasteiger partial charge in [0, 0.05) is 57.1 Å². The first kappa shape index (κ1) is 19.6. The lowest BCUT2D eigenvalue weighted by Crippen LogP contribution is -2.49. The standard InChI is InChI=1S/C23H28FN3O2/c1-29-21-8-9-22-18(17-21)3-2-11-26(22)12-10-23(28)27-15-13-25(14-16-27)20-6-4-19(24)5-7-20/h4-9,17H,2-3,10-16H2,1H3. The van der Waals surface area contributed by atoms with Crippen LogP contribution < -0.4 is 14.5 Å². The third kappa shape index (κ3) is 4.47. The van der Waals surface area contributed by atoms with Crippen LogP contribution in [-0.4, -0.2) is 57.2 Å². The van der Waals surface area contributed by atoms with E-state index in [9.17, 15) is 9.18 Å². The van der Waals surface area contributed by atoms with Gasteiger partial charge in [-0.05, 0) is 60.9 Å². The van der Waals surface area contributed by atoms with Crippen LogP contribution in [0.25, 0.3) is 0 Å². The van der Waals surface area contributed by atoms with Crippen molar-refractivity contribution in [1.82, 2.24) is 4.90 Å². The largest absolute Gasteiger partial charge is 0.497 e. The van der Waals surface area contributed by atoms with Crippen molar-refractivity contribution in [2.75, 3.05) is 56.2 Å². The average molecular weight is 397 g/mol. The van der Waals surface area contributed by atoms with Gasteiger partial charge in [-0.1, -0.05) is 0 Å². The number of nitrogens with zero attached hydrogens (tertiary/aromatic N) is 3. The van der Waals surface area contributed by atoms with Crippen molar-refractivity contribution in [3.8, 4) is 5.75 Å². The molecule has 0 aromatic heterocycles. The highest BCUT2D eigenvalue weighted by atomic mass is 19.1. The molecule has 0 spiro atoms. The van der Waals surface area contributed by atoms with Crippen LogP contribution in [0.1, 0.15) is 18.4 Å². The number of fused-ring (bicyclic) bond motifs is 1. The van der Waals surface area contributed by atoms with Gasteiger partial charge in [0.05, 0.1) is 7.11 Å². The summed E-state index contributed by atoms with van der Waals surface area (Å²) in [4.78, 5) is 19.2. The van der Waals surface area contributed by atoms with E-state index in [4.69, 9.17) is 4.74 Å². The molecule has 0 unspecified atom stereocenters. The highest BCUT2D eigenvalue weighted by molar-refractivity contribution is 5.77. The van der Waals surface area contributed by atoms with Crippen LogP contribution in [0.3, 0.4) is 0 Å². The number of piperazine rings is 1. The number of anilines is 2. The fourth-order valence-corrected chi connectivity index (χ4v) is 4.27. The first-order chi connectivity index (χ1) is 14.1. The normalized spacial score (nSPS) is 16.6. The molecule has 1 amide bonds. The third-order valence-corrected chi connectivity index (χ3v) is 5.92. The van der Waals surface area contributed by atoms with E-state index < -0.39 is 0 Å². The number of hydrogen-bond donors (Lipinski definition) is 0. The Balaban J connectivity index is 1.29. The molecule has 29 heavy (non-hydrogen) atoms. The highest BCUT2D eigenvalue weighted by Gasteiger charge is 2.23. The second-order valence-corrected chi connectivity index (χ2v) is 7.68. The number of rotatable bonds is 5. The number of methoxy groups -OCH3 is 1. The third-order valence-electron chi connectivity index (χ3n) is 5.92. The molecule has 1 fully saturated rings. The molecule has 0 bridgehead atoms. The van der Waals surface area contributed by atoms with E-state index in [1.54, 1.807) is 19.2 Å². The monoisotopic (exact) mass is 397 g/mol. The van der Waals surface area contributed by atoms with Crippen molar-refractivity contribution in [2.45, 2.75) is 19.3 Å². The quantitative estimate of drug-likeness (QED) is 0.776. The summed E-state index contributed by atoms with van der Waals surface area (Å²) in [7, 11) is 1.69. The van der Waals surface area contributed by atoms with Crippen molar-refractivity contribution in [1.29, 1.82) is 0 Å². The van der Waals surface area contributed by atoms with Crippen molar-refractivity contribution in [3.05, 3.63) is 53.8 Å². The number of amides is 1. The smallest absolute Gasteiger partial charge is 0.224 e. The Labute approximate surface area is 171 Å². The maximum Gasteiger partial charge on any atom is 0.224 e. The maximum atomic E-state index is 13.1. The second-order valence-electron chi connectivity index (χ2n) is 7.68. The average Bonchev–Trinajstić information content (AvgIpc) is 2.77. The maximum absolute atomic E-state index is 13.1. The predicted octanol–water partition coefficient (Wildman–Crippen LogP) is 3.33. The molecule has 0 N–H and O–H groups in total. The Morgan fingerprint density at radius 1 is 1.03 bits per heavy atom. The molecule has 0 aliphatic carbocycles. The van der Waals surface area contributed by atoms with Crippen molar-refractivity contribution >= 4 is 17.3 Å². The Morgan fingerprint density at radius 2 is 1.79 bits per heavy atom. The lowest BCUT2D eigenvalue weighted by Gasteiger charge is -2.37. The van der Waals surface area contributed by atoms with E-state index in [0.717, 1.165) is 50.5 Å². The first-order valence-corrected chi connectivity index (χ1v) is 10.3. The van der Waals surface area contributed by atoms with Crippen LogP contribution in [0.5, 0.6) is 5.75 Å². The number of ether oxygens (including phenoxy) is 1. The van der Waals surface area contributed by atoms with E-state index in [2.05, 4.69) is 21.9 Å². The molecule has 0 atom stereocenters. The molecule has 4 rings (SSSR count). The van der Waals surface area contributed by atoms with E-state index in [1.807, 2.05) is 11.0 Å². The SMILES string of the molecule is COc1ccc2c(c1)CCCN2CCC(=O)N1CCN(c2ccc(F)cc2)CC1. The van der Waals surface area contributed by atoms with Gasteiger partial charge in [-0.25, -0.2) is 4.39 Å². The summed E-state index contributed by atoms with van der Waals surface area (Å²) in [6.45, 7) is 4.72. The van der Waals surface area contributed by atoms with Gasteiger partial charge in [0.2, 0.25) is 5.91 Å². The molecular weight excluding hydrogens is 369 g/mol. The van der Waals surface area contributed by atoms with Gasteiger partial charge < -0.3 is 19.4 Å². The molecule has 1 saturated heterocycles. The number of aryl methyl sites for hydroxylation is 1. The Morgan fingerprint density at radius 3 is 2.52 bits per heavy atom. The van der Waals surface area contributed by atoms with Crippen molar-refractivity contribution < 1.29 is 13.9 Å². The van der Waals surface area contributed by atoms with Crippen molar-refractivity contribution in [2.24, 2.45) is 0 Å². The number of carbonyl (C=O) groups is 1. The number of hydrogen-bond acceptors (Lipinski definition) is 4. The van der Waals surface area contributed by atoms with Gasteiger partial charge in [-0.2, -0.15) is 0 Å². The Hall–Kier alpha value is -2.76. The minimum atomic E-state index is -0.222. The minimum absolute atomic E-state index is 0.212. The van der Waals surface area contributed by atoms with Crippen LogP contribution in [0.4, 0.5) is 15.8 Å². The summed E-state index contributed by atoms with van der Waals surface area (Å²) < 4.78 is 18.4. The van der Waals surface area contributed by atoms with E-state index in [1.165, 1.54) is 23.4 Å². The van der Waals surface area contributed by atoms with Crippen LogP contribution in [0.2, 0.25) is 0 Å². The first-order valence-electron chi connectivity index (χ1n) is 10.3. The molecular formula is C23H28FN3O2. The lowest BCUT2D eigenvalue weighted by atomic mass is 10.0. The zero-order chi connectivity index (χ0) is 20.2. The topological polar surface area (TPSA) is 36.0 Å². The second kappa shape index (κ2) is 8.72. The lowest BCUT2D eigenvalue weighted by molar-refractivity contribution is -0.131. The highest BCUT2D eigenvalue weighted by Crippen LogP contribution is 2.30. The van der Waals surface area contributed by atoms with Crippen LogP contribution in [0, 0.1) is 5.82 Å². The van der Waals surface area contributed by atoms with Gasteiger partial charge in [0.1, 0.15) is 11.6 Å². The van der Waals surface area contributed by atoms with E-state index >= 15 is 0 Å². The molecule has 2 aromatic rings. The number of benzene rings is 2. The summed E-state index contributed by atoms with van der Waals surface area (Å²) in [5.41, 5.74) is 3.54. The molecule has 2 heterocycles. The molecule has 2 aliphatic heterocycles. The molecule has 2 aliphatic rings. The minimum Gasteiger partial charge on any atom is -0.497 e. The van der Waals surface area contributed by atoms with E-state index in [0.29, 0.717) is 19.5 Å². The molecule has 2 aromatic carbocycles. The summed E-state index contributed by atoms with van der Waals surface area (Å²) in [5, 5.41) is 0. The zero-order valence-corrected chi connectivity index (χ0v) is 16.9. The fourth-order valence-electron chi connectivity index (χ4n) is 4.27. The molecule has 6 heteroatoms. The summed E-state index contributed by atoms with van der Waals surface area (Å²) in [5.74, 6) is 0.880. The van der Waals surface area contributed by atoms with Gasteiger partial charge in [0.25, 0.3) is 0 Å². The van der Waals surface area contributed by atoms with Gasteiger partial charge in [-0.15, -0.1) is 0 Å². The van der Waals surface area contributed by atoms with Crippen LogP contribution in [-0.2, 0) is 11.2 Å². The molecule has 0 radical (unpaired) electrons. The predicted molar refractivity (Wildman–Crippen MR) is 113 cm³/mol. The fraction of sp³-hybridized carbons (Fsp3) is 0.435. The van der Waals surface area contributed by atoms with Crippen molar-refractivity contribution in [3.63, 3.8) is 0 Å². The Bertz CT molecular complexity index is 848. The Kier molecular flexibility index (Phi) is 5.88. The van der Waals surface area contributed by atoms with Crippen LogP contribution in [0.15, 0.2) is 42.5 Å². The molecule has 5 nitrogen and oxygen atoms in total. The van der Waals surface area contributed by atoms with E-state index in [-0.39, 0.29) is 11.7 Å². The van der Waals surface area contributed by atoms with Gasteiger partial charge in [0.15, 0.2) is 0 Å². The zero-order valence-electron chi connectivity index (χ0n) is 16.9. The molecule has 154 valence electrons. The van der Waals surface area contributed by atoms with Gasteiger partial charge >= 0.3 is 0 Å². The van der Waals surface area contributed by atoms with Gasteiger partial charge in [-0.3, -0.25) is 4.79 Å². The molecule has 0 saturated carbocycles. The summed E-state index contributed by atoms with van der Waals surface area (Å²) in [6.07, 6.45) is 2.69. The van der Waals surface area contributed by atoms with Crippen LogP contribution >= 0.6 is 0 Å². The summed E-state index contributed by atoms with van der Waals surface area (Å²) >= 11 is 0. The summed E-state index contributed by atoms with van der Waals surface area (Å²) in [6, 6.07) is 12.8. The number of carbonyl (C=O) groups excluding carboxylic acids is 1.